The number of para-hydroxylation sites is 2. The highest BCUT2D eigenvalue weighted by atomic mass is 19.4. The van der Waals surface area contributed by atoms with Crippen LogP contribution >= 0.6 is 0 Å². The number of hydrogen-bond acceptors (Lipinski definition) is 5. The number of aromatic nitrogens is 3. The van der Waals surface area contributed by atoms with Crippen LogP contribution in [0.5, 0.6) is 0 Å². The molecular formula is C22H23F3N4O3. The molecule has 0 atom stereocenters. The fourth-order valence-corrected chi connectivity index (χ4v) is 3.93. The minimum atomic E-state index is -4.41. The molecule has 1 fully saturated rings. The van der Waals surface area contributed by atoms with Gasteiger partial charge in [0.25, 0.3) is 0 Å². The molecule has 3 aromatic rings. The van der Waals surface area contributed by atoms with E-state index < -0.39 is 11.7 Å². The van der Waals surface area contributed by atoms with Crippen molar-refractivity contribution in [2.45, 2.75) is 32.0 Å². The molecule has 3 heterocycles. The van der Waals surface area contributed by atoms with E-state index in [9.17, 15) is 22.8 Å². The summed E-state index contributed by atoms with van der Waals surface area (Å²) < 4.78 is 45.0. The van der Waals surface area contributed by atoms with Gasteiger partial charge in [-0.3, -0.25) is 9.36 Å². The molecule has 0 spiro atoms. The molecule has 1 saturated heterocycles. The Morgan fingerprint density at radius 1 is 1.16 bits per heavy atom. The van der Waals surface area contributed by atoms with E-state index in [0.717, 1.165) is 23.3 Å². The number of nitrogens with one attached hydrogen (secondary N) is 1. The van der Waals surface area contributed by atoms with E-state index in [4.69, 9.17) is 4.74 Å². The number of aromatic amines is 1. The van der Waals surface area contributed by atoms with Crippen molar-refractivity contribution >= 4 is 22.8 Å². The van der Waals surface area contributed by atoms with Gasteiger partial charge in [0.1, 0.15) is 5.82 Å². The predicted molar refractivity (Wildman–Crippen MR) is 112 cm³/mol. The highest BCUT2D eigenvalue weighted by Crippen LogP contribution is 2.30. The maximum Gasteiger partial charge on any atom is 0.417 e. The number of esters is 1. The number of anilines is 1. The minimum absolute atomic E-state index is 0.193. The zero-order valence-electron chi connectivity index (χ0n) is 17.3. The van der Waals surface area contributed by atoms with Crippen molar-refractivity contribution in [3.8, 4) is 0 Å². The Hall–Kier alpha value is -3.30. The van der Waals surface area contributed by atoms with E-state index in [1.54, 1.807) is 4.57 Å². The van der Waals surface area contributed by atoms with E-state index in [-0.39, 0.29) is 24.2 Å². The van der Waals surface area contributed by atoms with Gasteiger partial charge in [-0.1, -0.05) is 12.1 Å². The van der Waals surface area contributed by atoms with Crippen LogP contribution in [0.2, 0.25) is 0 Å². The Balaban J connectivity index is 1.22. The lowest BCUT2D eigenvalue weighted by atomic mass is 9.97. The summed E-state index contributed by atoms with van der Waals surface area (Å²) in [5.41, 5.74) is 0.605. The Morgan fingerprint density at radius 3 is 2.59 bits per heavy atom. The fourth-order valence-electron chi connectivity index (χ4n) is 3.93. The van der Waals surface area contributed by atoms with Crippen LogP contribution in [0.3, 0.4) is 0 Å². The second kappa shape index (κ2) is 9.05. The van der Waals surface area contributed by atoms with Crippen molar-refractivity contribution in [1.82, 2.24) is 14.5 Å². The maximum atomic E-state index is 12.7. The molecule has 2 aromatic heterocycles. The monoisotopic (exact) mass is 448 g/mol. The molecule has 0 bridgehead atoms. The summed E-state index contributed by atoms with van der Waals surface area (Å²) in [6, 6.07) is 9.77. The van der Waals surface area contributed by atoms with Gasteiger partial charge in [-0.05, 0) is 43.5 Å². The number of ether oxygens (including phenoxy) is 1. The first-order valence-corrected chi connectivity index (χ1v) is 10.5. The number of fused-ring (bicyclic) bond motifs is 1. The standard InChI is InChI=1S/C22H23F3N4O3/c23-22(24,25)16-6-7-19(26-14-16)28-11-8-15(9-12-28)20(30)32-13-3-10-29-18-5-2-1-4-17(18)27-21(29)31/h1-2,4-7,14-15H,3,8-13H2,(H,27,31). The quantitative estimate of drug-likeness (QED) is 0.461. The summed E-state index contributed by atoms with van der Waals surface area (Å²) >= 11 is 0. The molecule has 0 radical (unpaired) electrons. The van der Waals surface area contributed by atoms with Gasteiger partial charge >= 0.3 is 17.8 Å². The SMILES string of the molecule is O=C(OCCCn1c(=O)[nH]c2ccccc21)C1CCN(c2ccc(C(F)(F)F)cn2)CC1. The number of piperidine rings is 1. The first kappa shape index (κ1) is 21.9. The molecule has 170 valence electrons. The van der Waals surface area contributed by atoms with Crippen LogP contribution in [-0.4, -0.2) is 40.2 Å². The summed E-state index contributed by atoms with van der Waals surface area (Å²) in [5.74, 6) is -0.0678. The van der Waals surface area contributed by atoms with Crippen molar-refractivity contribution in [3.63, 3.8) is 0 Å². The molecule has 4 rings (SSSR count). The molecule has 0 saturated carbocycles. The van der Waals surface area contributed by atoms with Crippen LogP contribution in [0.1, 0.15) is 24.8 Å². The first-order valence-electron chi connectivity index (χ1n) is 10.5. The van der Waals surface area contributed by atoms with Gasteiger partial charge in [-0.2, -0.15) is 13.2 Å². The van der Waals surface area contributed by atoms with Crippen molar-refractivity contribution in [3.05, 3.63) is 58.6 Å². The van der Waals surface area contributed by atoms with Crippen molar-refractivity contribution in [1.29, 1.82) is 0 Å². The zero-order chi connectivity index (χ0) is 22.7. The largest absolute Gasteiger partial charge is 0.465 e. The Morgan fingerprint density at radius 2 is 1.91 bits per heavy atom. The predicted octanol–water partition coefficient (Wildman–Crippen LogP) is 3.59. The normalized spacial score (nSPS) is 15.3. The number of benzene rings is 1. The second-order valence-corrected chi connectivity index (χ2v) is 7.78. The second-order valence-electron chi connectivity index (χ2n) is 7.78. The Labute approximate surface area is 181 Å². The lowest BCUT2D eigenvalue weighted by molar-refractivity contribution is -0.149. The number of rotatable bonds is 6. The van der Waals surface area contributed by atoms with E-state index >= 15 is 0 Å². The topological polar surface area (TPSA) is 80.2 Å². The highest BCUT2D eigenvalue weighted by Gasteiger charge is 2.31. The lowest BCUT2D eigenvalue weighted by Crippen LogP contribution is -2.37. The summed E-state index contributed by atoms with van der Waals surface area (Å²) in [7, 11) is 0. The van der Waals surface area contributed by atoms with Gasteiger partial charge in [0.05, 0.1) is 29.1 Å². The molecule has 0 aliphatic carbocycles. The molecule has 0 unspecified atom stereocenters. The molecule has 1 N–H and O–H groups in total. The number of alkyl halides is 3. The third kappa shape index (κ3) is 4.79. The fraction of sp³-hybridized carbons (Fsp3) is 0.409. The van der Waals surface area contributed by atoms with E-state index in [1.807, 2.05) is 29.2 Å². The van der Waals surface area contributed by atoms with Crippen LogP contribution in [-0.2, 0) is 22.3 Å². The number of aryl methyl sites for hydroxylation is 1. The molecule has 1 aliphatic rings. The lowest BCUT2D eigenvalue weighted by Gasteiger charge is -2.31. The maximum absolute atomic E-state index is 12.7. The first-order chi connectivity index (χ1) is 15.3. The number of hydrogen-bond donors (Lipinski definition) is 1. The number of pyridine rings is 1. The number of carbonyl (C=O) groups is 1. The Kier molecular flexibility index (Phi) is 6.20. The number of H-pyrrole nitrogens is 1. The molecule has 7 nitrogen and oxygen atoms in total. The molecular weight excluding hydrogens is 425 g/mol. The highest BCUT2D eigenvalue weighted by molar-refractivity contribution is 5.75. The smallest absolute Gasteiger partial charge is 0.417 e. The van der Waals surface area contributed by atoms with Crippen LogP contribution in [0.15, 0.2) is 47.4 Å². The van der Waals surface area contributed by atoms with Gasteiger partial charge in [-0.15, -0.1) is 0 Å². The minimum Gasteiger partial charge on any atom is -0.465 e. The van der Waals surface area contributed by atoms with Gasteiger partial charge in [0.15, 0.2) is 0 Å². The average Bonchev–Trinajstić information content (AvgIpc) is 3.11. The number of carbonyl (C=O) groups excluding carboxylic acids is 1. The molecule has 32 heavy (non-hydrogen) atoms. The van der Waals surface area contributed by atoms with Crippen molar-refractivity contribution in [2.75, 3.05) is 24.6 Å². The molecule has 1 aliphatic heterocycles. The molecule has 1 aromatic carbocycles. The van der Waals surface area contributed by atoms with E-state index in [2.05, 4.69) is 9.97 Å². The van der Waals surface area contributed by atoms with E-state index in [1.165, 1.54) is 6.07 Å². The summed E-state index contributed by atoms with van der Waals surface area (Å²) in [5, 5.41) is 0. The summed E-state index contributed by atoms with van der Waals surface area (Å²) in [6.45, 7) is 1.69. The number of imidazole rings is 1. The number of nitrogens with zero attached hydrogens (tertiary/aromatic N) is 3. The zero-order valence-corrected chi connectivity index (χ0v) is 17.3. The van der Waals surface area contributed by atoms with Gasteiger partial charge in [0, 0.05) is 25.8 Å². The van der Waals surface area contributed by atoms with Crippen molar-refractivity contribution < 1.29 is 22.7 Å². The van der Waals surface area contributed by atoms with Crippen LogP contribution in [0.25, 0.3) is 11.0 Å². The third-order valence-electron chi connectivity index (χ3n) is 5.68. The summed E-state index contributed by atoms with van der Waals surface area (Å²) in [6.07, 6.45) is -1.98. The van der Waals surface area contributed by atoms with Crippen LogP contribution in [0, 0.1) is 5.92 Å². The molecule has 0 amide bonds. The Bertz CT molecular complexity index is 1130. The van der Waals surface area contributed by atoms with E-state index in [0.29, 0.717) is 44.7 Å². The van der Waals surface area contributed by atoms with Crippen LogP contribution < -0.4 is 10.6 Å². The summed E-state index contributed by atoms with van der Waals surface area (Å²) in [4.78, 5) is 33.0. The van der Waals surface area contributed by atoms with Gasteiger partial charge < -0.3 is 14.6 Å². The average molecular weight is 448 g/mol. The van der Waals surface area contributed by atoms with Crippen molar-refractivity contribution in [2.24, 2.45) is 5.92 Å². The van der Waals surface area contributed by atoms with Crippen LogP contribution in [0.4, 0.5) is 19.0 Å². The van der Waals surface area contributed by atoms with Gasteiger partial charge in [0.2, 0.25) is 0 Å². The molecule has 10 heteroatoms. The van der Waals surface area contributed by atoms with Gasteiger partial charge in [-0.25, -0.2) is 9.78 Å². The third-order valence-corrected chi connectivity index (χ3v) is 5.68. The number of halogens is 3.